The fourth-order valence-electron chi connectivity index (χ4n) is 4.21. The molecule has 1 saturated carbocycles. The molecule has 1 fully saturated rings. The van der Waals surface area contributed by atoms with E-state index < -0.39 is 0 Å². The second-order valence-corrected chi connectivity index (χ2v) is 9.02. The standard InChI is InChI=1S/C24H25N3O2S/c1-29-22(28)13-14-30-24-26-20-8-4-7-19(20)23(27-24)25-21-12-11-16(15-9-10-15)17-5-2-3-6-18(17)21/h2-3,5-6,11-12,15H,4,7-10,13-14H2,1H3,(H,25,26,27). The Morgan fingerprint density at radius 3 is 2.77 bits per heavy atom. The maximum absolute atomic E-state index is 11.4. The number of benzene rings is 2. The van der Waals surface area contributed by atoms with Crippen LogP contribution in [0.5, 0.6) is 0 Å². The first-order chi connectivity index (χ1) is 14.7. The summed E-state index contributed by atoms with van der Waals surface area (Å²) in [6, 6.07) is 13.1. The molecule has 0 spiro atoms. The Balaban J connectivity index is 1.46. The van der Waals surface area contributed by atoms with Gasteiger partial charge in [0, 0.05) is 22.4 Å². The molecule has 154 valence electrons. The van der Waals surface area contributed by atoms with E-state index in [9.17, 15) is 4.79 Å². The van der Waals surface area contributed by atoms with Gasteiger partial charge in [-0.15, -0.1) is 0 Å². The minimum atomic E-state index is -0.204. The van der Waals surface area contributed by atoms with Crippen molar-refractivity contribution in [1.29, 1.82) is 0 Å². The number of thioether (sulfide) groups is 1. The van der Waals surface area contributed by atoms with E-state index >= 15 is 0 Å². The number of aryl methyl sites for hydroxylation is 1. The average Bonchev–Trinajstić information content (AvgIpc) is 3.50. The van der Waals surface area contributed by atoms with Crippen molar-refractivity contribution in [2.24, 2.45) is 0 Å². The number of fused-ring (bicyclic) bond motifs is 2. The van der Waals surface area contributed by atoms with Crippen LogP contribution in [0.4, 0.5) is 11.5 Å². The van der Waals surface area contributed by atoms with Crippen molar-refractivity contribution in [1.82, 2.24) is 9.97 Å². The second-order valence-electron chi connectivity index (χ2n) is 7.96. The molecule has 3 aromatic rings. The Morgan fingerprint density at radius 2 is 1.97 bits per heavy atom. The van der Waals surface area contributed by atoms with E-state index in [0.717, 1.165) is 41.6 Å². The summed E-state index contributed by atoms with van der Waals surface area (Å²) in [5.74, 6) is 2.03. The van der Waals surface area contributed by atoms with Gasteiger partial charge in [0.1, 0.15) is 5.82 Å². The van der Waals surface area contributed by atoms with Crippen LogP contribution in [0.2, 0.25) is 0 Å². The van der Waals surface area contributed by atoms with E-state index in [4.69, 9.17) is 14.7 Å². The molecule has 2 aliphatic rings. The van der Waals surface area contributed by atoms with Crippen molar-refractivity contribution in [2.45, 2.75) is 49.6 Å². The lowest BCUT2D eigenvalue weighted by Crippen LogP contribution is -2.05. The molecule has 0 saturated heterocycles. The first-order valence-corrected chi connectivity index (χ1v) is 11.6. The molecule has 5 nitrogen and oxygen atoms in total. The van der Waals surface area contributed by atoms with Gasteiger partial charge in [0.15, 0.2) is 5.16 Å². The highest BCUT2D eigenvalue weighted by Gasteiger charge is 2.26. The third-order valence-electron chi connectivity index (χ3n) is 5.91. The first kappa shape index (κ1) is 19.4. The Morgan fingerprint density at radius 1 is 1.13 bits per heavy atom. The summed E-state index contributed by atoms with van der Waals surface area (Å²) in [7, 11) is 1.42. The zero-order valence-electron chi connectivity index (χ0n) is 17.1. The average molecular weight is 420 g/mol. The molecule has 2 aliphatic carbocycles. The van der Waals surface area contributed by atoms with Crippen LogP contribution in [0.25, 0.3) is 10.8 Å². The number of carbonyl (C=O) groups excluding carboxylic acids is 1. The normalized spacial score (nSPS) is 15.2. The summed E-state index contributed by atoms with van der Waals surface area (Å²) in [6.07, 6.45) is 6.04. The Hall–Kier alpha value is -2.60. The first-order valence-electron chi connectivity index (χ1n) is 10.6. The van der Waals surface area contributed by atoms with E-state index in [1.54, 1.807) is 0 Å². The van der Waals surface area contributed by atoms with Crippen molar-refractivity contribution in [3.8, 4) is 0 Å². The smallest absolute Gasteiger partial charge is 0.306 e. The molecule has 30 heavy (non-hydrogen) atoms. The summed E-state index contributed by atoms with van der Waals surface area (Å²) in [6.45, 7) is 0. The predicted octanol–water partition coefficient (Wildman–Crippen LogP) is 5.39. The highest BCUT2D eigenvalue weighted by Crippen LogP contribution is 2.44. The SMILES string of the molecule is COC(=O)CCSc1nc2c(c(Nc3ccc(C4CC4)c4ccccc34)n1)CCC2. The van der Waals surface area contributed by atoms with Crippen molar-refractivity contribution < 1.29 is 9.53 Å². The monoisotopic (exact) mass is 419 g/mol. The van der Waals surface area contributed by atoms with Gasteiger partial charge in [0.25, 0.3) is 0 Å². The van der Waals surface area contributed by atoms with Crippen LogP contribution in [0.3, 0.4) is 0 Å². The lowest BCUT2D eigenvalue weighted by Gasteiger charge is -2.15. The molecule has 6 heteroatoms. The van der Waals surface area contributed by atoms with Crippen molar-refractivity contribution in [3.63, 3.8) is 0 Å². The van der Waals surface area contributed by atoms with Crippen LogP contribution < -0.4 is 5.32 Å². The van der Waals surface area contributed by atoms with E-state index in [2.05, 4.69) is 41.7 Å². The number of anilines is 2. The van der Waals surface area contributed by atoms with Crippen LogP contribution in [0.1, 0.15) is 48.4 Å². The second kappa shape index (κ2) is 8.26. The molecule has 2 aromatic carbocycles. The summed E-state index contributed by atoms with van der Waals surface area (Å²) >= 11 is 1.51. The molecule has 0 atom stereocenters. The number of esters is 1. The van der Waals surface area contributed by atoms with E-state index in [1.165, 1.54) is 53.6 Å². The van der Waals surface area contributed by atoms with Gasteiger partial charge in [-0.2, -0.15) is 0 Å². The molecule has 1 aromatic heterocycles. The molecular formula is C24H25N3O2S. The molecule has 0 amide bonds. The molecule has 0 bridgehead atoms. The third kappa shape index (κ3) is 3.88. The number of hydrogen-bond acceptors (Lipinski definition) is 6. The molecule has 5 rings (SSSR count). The zero-order chi connectivity index (χ0) is 20.5. The predicted molar refractivity (Wildman–Crippen MR) is 121 cm³/mol. The highest BCUT2D eigenvalue weighted by molar-refractivity contribution is 7.99. The molecule has 0 unspecified atom stereocenters. The van der Waals surface area contributed by atoms with Crippen molar-refractivity contribution in [3.05, 3.63) is 53.2 Å². The number of carbonyl (C=O) groups is 1. The van der Waals surface area contributed by atoms with Crippen LogP contribution in [0, 0.1) is 0 Å². The Kier molecular flexibility index (Phi) is 5.34. The zero-order valence-corrected chi connectivity index (χ0v) is 17.9. The molecule has 0 radical (unpaired) electrons. The number of nitrogens with one attached hydrogen (secondary N) is 1. The number of rotatable bonds is 7. The number of methoxy groups -OCH3 is 1. The minimum Gasteiger partial charge on any atom is -0.469 e. The fraction of sp³-hybridized carbons (Fsp3) is 0.375. The summed E-state index contributed by atoms with van der Waals surface area (Å²) in [4.78, 5) is 21.0. The number of hydrogen-bond donors (Lipinski definition) is 1. The van der Waals surface area contributed by atoms with Gasteiger partial charge in [-0.05, 0) is 55.0 Å². The number of nitrogens with zero attached hydrogens (tertiary/aromatic N) is 2. The number of aromatic nitrogens is 2. The topological polar surface area (TPSA) is 64.1 Å². The largest absolute Gasteiger partial charge is 0.469 e. The third-order valence-corrected chi connectivity index (χ3v) is 6.75. The van der Waals surface area contributed by atoms with Gasteiger partial charge in [-0.1, -0.05) is 42.1 Å². The summed E-state index contributed by atoms with van der Waals surface area (Å²) in [5.41, 5.74) is 4.91. The van der Waals surface area contributed by atoms with Gasteiger partial charge in [0.05, 0.1) is 19.2 Å². The highest BCUT2D eigenvalue weighted by atomic mass is 32.2. The Bertz CT molecular complexity index is 1110. The van der Waals surface area contributed by atoms with Crippen LogP contribution in [0.15, 0.2) is 41.6 Å². The van der Waals surface area contributed by atoms with Gasteiger partial charge < -0.3 is 10.1 Å². The lowest BCUT2D eigenvalue weighted by molar-refractivity contribution is -0.140. The van der Waals surface area contributed by atoms with Crippen molar-refractivity contribution in [2.75, 3.05) is 18.2 Å². The van der Waals surface area contributed by atoms with Gasteiger partial charge in [0.2, 0.25) is 0 Å². The molecule has 0 aliphatic heterocycles. The van der Waals surface area contributed by atoms with E-state index in [-0.39, 0.29) is 5.97 Å². The summed E-state index contributed by atoms with van der Waals surface area (Å²) in [5, 5.41) is 6.93. The van der Waals surface area contributed by atoms with Crippen LogP contribution in [-0.2, 0) is 22.4 Å². The molecule has 1 N–H and O–H groups in total. The Labute approximate surface area is 180 Å². The maximum atomic E-state index is 11.4. The van der Waals surface area contributed by atoms with Gasteiger partial charge in [-0.3, -0.25) is 4.79 Å². The summed E-state index contributed by atoms with van der Waals surface area (Å²) < 4.78 is 4.73. The molecule has 1 heterocycles. The minimum absolute atomic E-state index is 0.204. The fourth-order valence-corrected chi connectivity index (χ4v) is 5.00. The number of ether oxygens (including phenoxy) is 1. The quantitative estimate of drug-likeness (QED) is 0.314. The van der Waals surface area contributed by atoms with Crippen LogP contribution >= 0.6 is 11.8 Å². The van der Waals surface area contributed by atoms with E-state index in [0.29, 0.717) is 18.1 Å². The van der Waals surface area contributed by atoms with Gasteiger partial charge in [-0.25, -0.2) is 9.97 Å². The maximum Gasteiger partial charge on any atom is 0.306 e. The van der Waals surface area contributed by atoms with E-state index in [1.807, 2.05) is 0 Å². The van der Waals surface area contributed by atoms with Gasteiger partial charge >= 0.3 is 5.97 Å². The van der Waals surface area contributed by atoms with Crippen LogP contribution in [-0.4, -0.2) is 28.8 Å². The lowest BCUT2D eigenvalue weighted by atomic mass is 9.99. The molecular weight excluding hydrogens is 394 g/mol. The van der Waals surface area contributed by atoms with Crippen molar-refractivity contribution >= 4 is 40.0 Å².